The van der Waals surface area contributed by atoms with Crippen LogP contribution in [0.2, 0.25) is 5.02 Å². The molecule has 150 valence electrons. The van der Waals surface area contributed by atoms with Gasteiger partial charge in [-0.1, -0.05) is 17.7 Å². The molecule has 2 aliphatic heterocycles. The van der Waals surface area contributed by atoms with Gasteiger partial charge in [-0.05, 0) is 63.9 Å². The summed E-state index contributed by atoms with van der Waals surface area (Å²) >= 11 is 5.94. The predicted molar refractivity (Wildman–Crippen MR) is 108 cm³/mol. The lowest BCUT2D eigenvalue weighted by Crippen LogP contribution is -2.49. The Morgan fingerprint density at radius 3 is 2.75 bits per heavy atom. The Morgan fingerprint density at radius 1 is 1.18 bits per heavy atom. The molecule has 0 spiro atoms. The molecule has 4 rings (SSSR count). The number of halogens is 3. The number of likely N-dealkylation sites (N-methyl/N-ethyl adjacent to an activating group) is 1. The second-order valence-electron chi connectivity index (χ2n) is 7.86. The first-order valence-electron chi connectivity index (χ1n) is 9.85. The molecule has 2 aliphatic rings. The van der Waals surface area contributed by atoms with Crippen molar-refractivity contribution in [2.75, 3.05) is 31.6 Å². The minimum absolute atomic E-state index is 0.0913. The van der Waals surface area contributed by atoms with Crippen molar-refractivity contribution < 1.29 is 8.78 Å². The molecule has 1 aromatic carbocycles. The van der Waals surface area contributed by atoms with Crippen molar-refractivity contribution >= 4 is 17.4 Å². The average molecular weight is 407 g/mol. The topological polar surface area (TPSA) is 32.3 Å². The quantitative estimate of drug-likeness (QED) is 0.726. The number of benzene rings is 1. The molecule has 0 saturated carbocycles. The third-order valence-corrected chi connectivity index (χ3v) is 6.20. The van der Waals surface area contributed by atoms with Gasteiger partial charge in [0.1, 0.15) is 0 Å². The molecule has 28 heavy (non-hydrogen) atoms. The summed E-state index contributed by atoms with van der Waals surface area (Å²) in [6.45, 7) is 5.11. The molecular formula is C21H25ClF2N4. The van der Waals surface area contributed by atoms with Gasteiger partial charge in [-0.15, -0.1) is 10.2 Å². The first-order valence-corrected chi connectivity index (χ1v) is 10.2. The van der Waals surface area contributed by atoms with Gasteiger partial charge in [-0.2, -0.15) is 0 Å². The number of rotatable bonds is 3. The first kappa shape index (κ1) is 19.5. The maximum absolute atomic E-state index is 13.6. The number of alkyl halides is 2. The number of hydrogen-bond acceptors (Lipinski definition) is 4. The summed E-state index contributed by atoms with van der Waals surface area (Å²) < 4.78 is 27.2. The molecule has 1 fully saturated rings. The fraction of sp³-hybridized carbons (Fsp3) is 0.524. The molecule has 3 heterocycles. The molecule has 7 heteroatoms. The Bertz CT molecular complexity index is 874. The molecule has 0 bridgehead atoms. The molecule has 1 saturated heterocycles. The Kier molecular flexibility index (Phi) is 5.52. The number of hydrogen-bond donors (Lipinski definition) is 0. The van der Waals surface area contributed by atoms with Gasteiger partial charge >= 0.3 is 0 Å². The van der Waals surface area contributed by atoms with Crippen molar-refractivity contribution in [3.63, 3.8) is 0 Å². The number of piperidine rings is 1. The van der Waals surface area contributed by atoms with E-state index in [0.29, 0.717) is 22.3 Å². The Morgan fingerprint density at radius 2 is 2.00 bits per heavy atom. The van der Waals surface area contributed by atoms with Gasteiger partial charge in [0, 0.05) is 40.8 Å². The molecule has 0 aliphatic carbocycles. The monoisotopic (exact) mass is 406 g/mol. The van der Waals surface area contributed by atoms with Crippen molar-refractivity contribution in [1.82, 2.24) is 15.1 Å². The van der Waals surface area contributed by atoms with Gasteiger partial charge < -0.3 is 9.80 Å². The van der Waals surface area contributed by atoms with Crippen molar-refractivity contribution in [1.29, 1.82) is 0 Å². The van der Waals surface area contributed by atoms with Crippen LogP contribution in [0, 0.1) is 6.92 Å². The van der Waals surface area contributed by atoms with Crippen LogP contribution in [0.25, 0.3) is 11.3 Å². The molecule has 2 aromatic rings. The number of aromatic nitrogens is 2. The van der Waals surface area contributed by atoms with Crippen molar-refractivity contribution in [3.05, 3.63) is 39.9 Å². The van der Waals surface area contributed by atoms with Crippen LogP contribution >= 0.6 is 11.6 Å². The molecule has 0 N–H and O–H groups in total. The van der Waals surface area contributed by atoms with Crippen LogP contribution in [0.15, 0.2) is 18.2 Å². The highest BCUT2D eigenvalue weighted by molar-refractivity contribution is 6.30. The number of nitrogens with zero attached hydrogens (tertiary/aromatic N) is 4. The van der Waals surface area contributed by atoms with E-state index in [9.17, 15) is 8.78 Å². The highest BCUT2D eigenvalue weighted by Gasteiger charge is 2.31. The zero-order valence-electron chi connectivity index (χ0n) is 16.3. The zero-order valence-corrected chi connectivity index (χ0v) is 17.0. The van der Waals surface area contributed by atoms with Gasteiger partial charge in [-0.3, -0.25) is 0 Å². The summed E-state index contributed by atoms with van der Waals surface area (Å²) in [5.74, 6) is 0.931. The summed E-state index contributed by atoms with van der Waals surface area (Å²) in [5.41, 5.74) is 2.95. The lowest BCUT2D eigenvalue weighted by molar-refractivity contribution is 0.152. The molecule has 0 radical (unpaired) electrons. The van der Waals surface area contributed by atoms with E-state index in [2.05, 4.69) is 27.0 Å². The van der Waals surface area contributed by atoms with Crippen LogP contribution < -0.4 is 4.90 Å². The summed E-state index contributed by atoms with van der Waals surface area (Å²) in [4.78, 5) is 4.74. The normalized spacial score (nSPS) is 20.5. The number of anilines is 1. The van der Waals surface area contributed by atoms with Crippen LogP contribution in [-0.2, 0) is 6.42 Å². The number of fused-ring (bicyclic) bond motifs is 1. The van der Waals surface area contributed by atoms with Crippen LogP contribution in [0.3, 0.4) is 0 Å². The first-order chi connectivity index (χ1) is 13.5. The fourth-order valence-corrected chi connectivity index (χ4v) is 4.72. The Labute approximate surface area is 169 Å². The minimum atomic E-state index is -2.61. The van der Waals surface area contributed by atoms with Crippen molar-refractivity contribution in [2.45, 2.75) is 45.1 Å². The summed E-state index contributed by atoms with van der Waals surface area (Å²) in [7, 11) is 2.16. The van der Waals surface area contributed by atoms with E-state index < -0.39 is 6.43 Å². The third-order valence-electron chi connectivity index (χ3n) is 5.96. The third kappa shape index (κ3) is 3.60. The summed E-state index contributed by atoms with van der Waals surface area (Å²) in [5, 5.41) is 9.26. The SMILES string of the molecule is Cc1c(-c2ccc(Cl)cc2C(F)F)nnc2c1CCCN2[C@@H]1CCCN(C)C1. The van der Waals surface area contributed by atoms with E-state index in [0.717, 1.165) is 55.8 Å². The van der Waals surface area contributed by atoms with Crippen LogP contribution in [0.4, 0.5) is 14.6 Å². The van der Waals surface area contributed by atoms with Gasteiger partial charge in [0.05, 0.1) is 5.69 Å². The predicted octanol–water partition coefficient (Wildman–Crippen LogP) is 4.89. The lowest BCUT2D eigenvalue weighted by atomic mass is 9.93. The van der Waals surface area contributed by atoms with Crippen LogP contribution in [0.5, 0.6) is 0 Å². The molecule has 4 nitrogen and oxygen atoms in total. The van der Waals surface area contributed by atoms with Gasteiger partial charge in [-0.25, -0.2) is 8.78 Å². The Balaban J connectivity index is 1.75. The van der Waals surface area contributed by atoms with Gasteiger partial charge in [0.25, 0.3) is 6.43 Å². The molecule has 0 amide bonds. The second-order valence-corrected chi connectivity index (χ2v) is 8.30. The van der Waals surface area contributed by atoms with E-state index in [1.807, 2.05) is 6.92 Å². The molecule has 1 atom stereocenters. The average Bonchev–Trinajstić information content (AvgIpc) is 2.68. The van der Waals surface area contributed by atoms with Crippen LogP contribution in [0.1, 0.15) is 42.4 Å². The molecule has 0 unspecified atom stereocenters. The number of likely N-dealkylation sites (tertiary alicyclic amines) is 1. The maximum Gasteiger partial charge on any atom is 0.264 e. The molecule has 1 aromatic heterocycles. The van der Waals surface area contributed by atoms with E-state index in [1.54, 1.807) is 12.1 Å². The van der Waals surface area contributed by atoms with E-state index in [1.165, 1.54) is 12.5 Å². The lowest BCUT2D eigenvalue weighted by Gasteiger charge is -2.41. The molecular weight excluding hydrogens is 382 g/mol. The standard InChI is InChI=1S/C21H25ClF2N4/c1-13-16-6-4-10-28(15-5-3-9-27(2)12-15)21(16)26-25-19(13)17-8-7-14(22)11-18(17)20(23)24/h7-8,11,15,20H,3-6,9-10,12H2,1-2H3/t15-/m1/s1. The summed E-state index contributed by atoms with van der Waals surface area (Å²) in [6.07, 6.45) is 1.67. The van der Waals surface area contributed by atoms with E-state index >= 15 is 0 Å². The minimum Gasteiger partial charge on any atom is -0.351 e. The second kappa shape index (κ2) is 7.91. The van der Waals surface area contributed by atoms with E-state index in [4.69, 9.17) is 11.6 Å². The van der Waals surface area contributed by atoms with Gasteiger partial charge in [0.15, 0.2) is 5.82 Å². The summed E-state index contributed by atoms with van der Waals surface area (Å²) in [6, 6.07) is 5.02. The van der Waals surface area contributed by atoms with E-state index in [-0.39, 0.29) is 5.56 Å². The zero-order chi connectivity index (χ0) is 19.8. The highest BCUT2D eigenvalue weighted by Crippen LogP contribution is 2.38. The smallest absolute Gasteiger partial charge is 0.264 e. The van der Waals surface area contributed by atoms with Crippen molar-refractivity contribution in [2.24, 2.45) is 0 Å². The van der Waals surface area contributed by atoms with Crippen molar-refractivity contribution in [3.8, 4) is 11.3 Å². The maximum atomic E-state index is 13.6. The Hall–Kier alpha value is -1.79. The van der Waals surface area contributed by atoms with Crippen LogP contribution in [-0.4, -0.2) is 47.8 Å². The largest absolute Gasteiger partial charge is 0.351 e. The fourth-order valence-electron chi connectivity index (χ4n) is 4.54. The van der Waals surface area contributed by atoms with Gasteiger partial charge in [0.2, 0.25) is 0 Å². The highest BCUT2D eigenvalue weighted by atomic mass is 35.5.